The van der Waals surface area contributed by atoms with Gasteiger partial charge in [0.1, 0.15) is 0 Å². The quantitative estimate of drug-likeness (QED) is 0.248. The largest absolute Gasteiger partial charge is 0.750 e. The third-order valence-electron chi connectivity index (χ3n) is 1.91. The Hall–Kier alpha value is -0.530. The van der Waals surface area contributed by atoms with E-state index in [1.54, 1.807) is 0 Å². The minimum Gasteiger partial charge on any atom is -0.750 e. The van der Waals surface area contributed by atoms with Gasteiger partial charge in [-0.05, 0) is 12.8 Å². The molecule has 0 aromatic rings. The summed E-state index contributed by atoms with van der Waals surface area (Å²) in [5.74, 6) is 0. The highest BCUT2D eigenvalue weighted by atomic mass is 32.2. The number of unbranched alkanes of at least 4 members (excludes halogenated alkanes) is 5. The molecule has 0 aromatic carbocycles. The maximum Gasteiger partial charge on any atom is 0.203 e. The van der Waals surface area contributed by atoms with Crippen LogP contribution in [0.4, 0.5) is 0 Å². The number of hydrogen-bond acceptors (Lipinski definition) is 5. The van der Waals surface area contributed by atoms with Gasteiger partial charge in [-0.3, -0.25) is 10.1 Å². The van der Waals surface area contributed by atoms with Gasteiger partial charge in [0, 0.05) is 11.3 Å². The van der Waals surface area contributed by atoms with E-state index < -0.39 is 11.4 Å². The molecule has 0 saturated heterocycles. The Bertz CT molecular complexity index is 179. The summed E-state index contributed by atoms with van der Waals surface area (Å²) in [6, 6.07) is 0. The molecule has 0 radical (unpaired) electrons. The van der Waals surface area contributed by atoms with Crippen LogP contribution in [0.3, 0.4) is 0 Å². The zero-order chi connectivity index (χ0) is 11.5. The number of nitrogens with zero attached hydrogens (tertiary/aromatic N) is 1. The predicted octanol–water partition coefficient (Wildman–Crippen LogP) is 1.41. The van der Waals surface area contributed by atoms with Crippen LogP contribution < -0.4 is 0 Å². The van der Waals surface area contributed by atoms with Crippen LogP contribution in [0.25, 0.3) is 0 Å². The van der Waals surface area contributed by atoms with E-state index >= 15 is 0 Å². The molecular formula is C8H16NO5S-. The highest BCUT2D eigenvalue weighted by Gasteiger charge is 1.96. The molecule has 0 rings (SSSR count). The first-order chi connectivity index (χ1) is 7.13. The number of hydrogen-bond donors (Lipinski definition) is 0. The fourth-order valence-electron chi connectivity index (χ4n) is 1.18. The average Bonchev–Trinajstić information content (AvgIpc) is 2.14. The molecule has 90 valence electrons. The summed E-state index contributed by atoms with van der Waals surface area (Å²) >= 11 is -2.41. The fourth-order valence-corrected chi connectivity index (χ4v) is 1.43. The van der Waals surface area contributed by atoms with Gasteiger partial charge in [0.25, 0.3) is 0 Å². The summed E-state index contributed by atoms with van der Waals surface area (Å²) in [4.78, 5) is 9.66. The average molecular weight is 238 g/mol. The van der Waals surface area contributed by atoms with Crippen molar-refractivity contribution in [2.75, 3.05) is 13.2 Å². The lowest BCUT2D eigenvalue weighted by Gasteiger charge is -2.04. The standard InChI is InChI=1S/C8H17NO5S/c10-9(11)7-5-3-1-2-4-6-8-14-15(12)13/h1-8H2,(H,12,13)/p-1. The normalized spacial score (nSPS) is 12.6. The maximum absolute atomic E-state index is 9.97. The van der Waals surface area contributed by atoms with E-state index in [4.69, 9.17) is 0 Å². The summed E-state index contributed by atoms with van der Waals surface area (Å²) in [7, 11) is 0. The van der Waals surface area contributed by atoms with E-state index in [-0.39, 0.29) is 18.1 Å². The summed E-state index contributed by atoms with van der Waals surface area (Å²) in [5, 5.41) is 9.97. The van der Waals surface area contributed by atoms with Crippen molar-refractivity contribution < 1.29 is 17.9 Å². The first kappa shape index (κ1) is 14.5. The number of nitro groups is 1. The van der Waals surface area contributed by atoms with Crippen molar-refractivity contribution in [1.82, 2.24) is 0 Å². The fraction of sp³-hybridized carbons (Fsp3) is 1.00. The number of rotatable bonds is 10. The van der Waals surface area contributed by atoms with Gasteiger partial charge in [-0.15, -0.1) is 0 Å². The molecule has 15 heavy (non-hydrogen) atoms. The molecular weight excluding hydrogens is 222 g/mol. The van der Waals surface area contributed by atoms with E-state index in [2.05, 4.69) is 4.18 Å². The highest BCUT2D eigenvalue weighted by molar-refractivity contribution is 7.74. The van der Waals surface area contributed by atoms with Gasteiger partial charge < -0.3 is 8.74 Å². The lowest BCUT2D eigenvalue weighted by atomic mass is 10.1. The summed E-state index contributed by atoms with van der Waals surface area (Å²) in [6.45, 7) is 0.267. The summed E-state index contributed by atoms with van der Waals surface area (Å²) < 4.78 is 24.2. The molecule has 0 amide bonds. The first-order valence-electron chi connectivity index (χ1n) is 4.97. The van der Waals surface area contributed by atoms with Crippen molar-refractivity contribution in [1.29, 1.82) is 0 Å². The van der Waals surface area contributed by atoms with Gasteiger partial charge in [0.05, 0.1) is 18.0 Å². The monoisotopic (exact) mass is 238 g/mol. The predicted molar refractivity (Wildman–Crippen MR) is 54.4 cm³/mol. The van der Waals surface area contributed by atoms with Gasteiger partial charge in [0.2, 0.25) is 6.54 Å². The molecule has 0 aromatic heterocycles. The van der Waals surface area contributed by atoms with Gasteiger partial charge >= 0.3 is 0 Å². The Kier molecular flexibility index (Phi) is 9.65. The molecule has 0 saturated carbocycles. The van der Waals surface area contributed by atoms with E-state index in [1.807, 2.05) is 0 Å². The van der Waals surface area contributed by atoms with Crippen molar-refractivity contribution in [2.45, 2.75) is 38.5 Å². The Balaban J connectivity index is 2.99. The van der Waals surface area contributed by atoms with Gasteiger partial charge in [0.15, 0.2) is 0 Å². The Morgan fingerprint density at radius 1 is 1.07 bits per heavy atom. The van der Waals surface area contributed by atoms with Crippen molar-refractivity contribution in [3.05, 3.63) is 10.1 Å². The van der Waals surface area contributed by atoms with Crippen LogP contribution in [0.5, 0.6) is 0 Å². The maximum atomic E-state index is 9.97. The lowest BCUT2D eigenvalue weighted by Crippen LogP contribution is -2.00. The van der Waals surface area contributed by atoms with Crippen molar-refractivity contribution in [3.63, 3.8) is 0 Å². The zero-order valence-electron chi connectivity index (χ0n) is 8.55. The molecule has 0 aliphatic carbocycles. The molecule has 0 aliphatic heterocycles. The summed E-state index contributed by atoms with van der Waals surface area (Å²) in [5.41, 5.74) is 0. The molecule has 0 aliphatic rings. The highest BCUT2D eigenvalue weighted by Crippen LogP contribution is 2.05. The van der Waals surface area contributed by atoms with Gasteiger partial charge in [-0.25, -0.2) is 4.21 Å². The Morgan fingerprint density at radius 3 is 2.13 bits per heavy atom. The Morgan fingerprint density at radius 2 is 1.60 bits per heavy atom. The topological polar surface area (TPSA) is 92.5 Å². The van der Waals surface area contributed by atoms with Crippen LogP contribution in [0.15, 0.2) is 0 Å². The minimum atomic E-state index is -2.41. The molecule has 0 heterocycles. The first-order valence-corrected chi connectivity index (χ1v) is 5.97. The summed E-state index contributed by atoms with van der Waals surface area (Å²) in [6.07, 6.45) is 5.00. The lowest BCUT2D eigenvalue weighted by molar-refractivity contribution is -0.480. The smallest absolute Gasteiger partial charge is 0.203 e. The molecule has 0 spiro atoms. The molecule has 0 fully saturated rings. The molecule has 0 bridgehead atoms. The van der Waals surface area contributed by atoms with Gasteiger partial charge in [-0.2, -0.15) is 0 Å². The van der Waals surface area contributed by atoms with Crippen LogP contribution in [-0.2, 0) is 15.5 Å². The van der Waals surface area contributed by atoms with E-state index in [0.717, 1.165) is 25.7 Å². The molecule has 1 unspecified atom stereocenters. The van der Waals surface area contributed by atoms with Gasteiger partial charge in [-0.1, -0.05) is 19.3 Å². The molecule has 7 heteroatoms. The second-order valence-corrected chi connectivity index (χ2v) is 3.85. The van der Waals surface area contributed by atoms with Crippen LogP contribution in [-0.4, -0.2) is 26.8 Å². The molecule has 1 atom stereocenters. The van der Waals surface area contributed by atoms with Crippen molar-refractivity contribution in [2.24, 2.45) is 0 Å². The second-order valence-electron chi connectivity index (χ2n) is 3.20. The zero-order valence-corrected chi connectivity index (χ0v) is 9.37. The van der Waals surface area contributed by atoms with Crippen LogP contribution in [0.2, 0.25) is 0 Å². The van der Waals surface area contributed by atoms with Crippen molar-refractivity contribution >= 4 is 11.4 Å². The van der Waals surface area contributed by atoms with E-state index in [9.17, 15) is 18.9 Å². The van der Waals surface area contributed by atoms with E-state index in [0.29, 0.717) is 12.8 Å². The second kappa shape index (κ2) is 10.0. The Labute approximate surface area is 91.6 Å². The SMILES string of the molecule is O=[N+]([O-])CCCCCCCCOS(=O)[O-]. The van der Waals surface area contributed by atoms with Crippen LogP contribution in [0, 0.1) is 10.1 Å². The van der Waals surface area contributed by atoms with E-state index in [1.165, 1.54) is 0 Å². The van der Waals surface area contributed by atoms with Crippen molar-refractivity contribution in [3.8, 4) is 0 Å². The van der Waals surface area contributed by atoms with Crippen LogP contribution >= 0.6 is 0 Å². The molecule has 0 N–H and O–H groups in total. The molecule has 6 nitrogen and oxygen atoms in total. The minimum absolute atomic E-state index is 0.0400. The third kappa shape index (κ3) is 13.5. The van der Waals surface area contributed by atoms with Crippen LogP contribution in [0.1, 0.15) is 38.5 Å². The third-order valence-corrected chi connectivity index (χ3v) is 2.27.